The van der Waals surface area contributed by atoms with Crippen molar-refractivity contribution in [3.05, 3.63) is 255 Å². The number of furan rings is 1. The molecule has 13 aromatic rings. The lowest BCUT2D eigenvalue weighted by molar-refractivity contribution is 0.673. The molecule has 3 nitrogen and oxygen atoms in total. The molecular formula is C66H42N2O. The number of anilines is 6. The minimum atomic E-state index is 0.884. The molecule has 14 rings (SSSR count). The Morgan fingerprint density at radius 3 is 1.41 bits per heavy atom. The van der Waals surface area contributed by atoms with E-state index in [4.69, 9.17) is 4.42 Å². The summed E-state index contributed by atoms with van der Waals surface area (Å²) >= 11 is 0. The summed E-state index contributed by atoms with van der Waals surface area (Å²) in [6, 6.07) is 92.8. The van der Waals surface area contributed by atoms with Crippen LogP contribution < -0.4 is 9.80 Å². The summed E-state index contributed by atoms with van der Waals surface area (Å²) in [7, 11) is 0. The van der Waals surface area contributed by atoms with E-state index < -0.39 is 0 Å². The van der Waals surface area contributed by atoms with Gasteiger partial charge in [-0.15, -0.1) is 0 Å². The highest BCUT2D eigenvalue weighted by Gasteiger charge is 2.27. The Balaban J connectivity index is 1.10. The van der Waals surface area contributed by atoms with Crippen molar-refractivity contribution < 1.29 is 4.42 Å². The molecule has 0 radical (unpaired) electrons. The molecule has 2 heterocycles. The van der Waals surface area contributed by atoms with Gasteiger partial charge in [-0.05, 0) is 132 Å². The summed E-state index contributed by atoms with van der Waals surface area (Å²) in [6.07, 6.45) is 0. The van der Waals surface area contributed by atoms with Gasteiger partial charge in [-0.1, -0.05) is 182 Å². The molecule has 1 aliphatic heterocycles. The molecule has 69 heavy (non-hydrogen) atoms. The Labute approximate surface area is 399 Å². The molecule has 322 valence electrons. The SMILES string of the molecule is c1ccc(N(c2ccc3c(c2)-c2ccccc2N(c2ccccc2)c2ccccc2-3)c2ccc3c(c2)c2ccccc2c2ccccc2c2ccccc2c2c3ccc3c4ccccc4oc32)cc1. The van der Waals surface area contributed by atoms with Gasteiger partial charge in [-0.2, -0.15) is 0 Å². The monoisotopic (exact) mass is 878 g/mol. The lowest BCUT2D eigenvalue weighted by Gasteiger charge is -2.27. The third-order valence-electron chi connectivity index (χ3n) is 14.2. The number of benzene rings is 11. The van der Waals surface area contributed by atoms with Gasteiger partial charge in [-0.3, -0.25) is 0 Å². The van der Waals surface area contributed by atoms with Gasteiger partial charge in [0.05, 0.1) is 11.4 Å². The van der Waals surface area contributed by atoms with E-state index in [0.29, 0.717) is 0 Å². The Morgan fingerprint density at radius 2 is 0.725 bits per heavy atom. The van der Waals surface area contributed by atoms with Crippen molar-refractivity contribution in [1.82, 2.24) is 0 Å². The number of hydrogen-bond donors (Lipinski definition) is 0. The number of hydrogen-bond acceptors (Lipinski definition) is 3. The van der Waals surface area contributed by atoms with Crippen LogP contribution in [0.15, 0.2) is 259 Å². The first-order valence-corrected chi connectivity index (χ1v) is 23.7. The van der Waals surface area contributed by atoms with Gasteiger partial charge in [0.2, 0.25) is 0 Å². The van der Waals surface area contributed by atoms with Crippen LogP contribution in [-0.4, -0.2) is 0 Å². The fraction of sp³-hybridized carbons (Fsp3) is 0. The minimum absolute atomic E-state index is 0.884. The highest BCUT2D eigenvalue weighted by Crippen LogP contribution is 2.52. The second-order valence-corrected chi connectivity index (χ2v) is 17.9. The average molecular weight is 879 g/mol. The fourth-order valence-electron chi connectivity index (χ4n) is 11.2. The fourth-order valence-corrected chi connectivity index (χ4v) is 11.2. The highest BCUT2D eigenvalue weighted by molar-refractivity contribution is 6.31. The second-order valence-electron chi connectivity index (χ2n) is 17.9. The third-order valence-corrected chi connectivity index (χ3v) is 14.2. The third kappa shape index (κ3) is 6.14. The van der Waals surface area contributed by atoms with Crippen molar-refractivity contribution in [2.45, 2.75) is 0 Å². The summed E-state index contributed by atoms with van der Waals surface area (Å²) < 4.78 is 6.95. The van der Waals surface area contributed by atoms with Crippen LogP contribution in [0.4, 0.5) is 34.1 Å². The molecule has 0 atom stereocenters. The zero-order chi connectivity index (χ0) is 45.4. The van der Waals surface area contributed by atoms with Crippen LogP contribution in [-0.2, 0) is 0 Å². The molecule has 0 N–H and O–H groups in total. The molecule has 0 amide bonds. The van der Waals surface area contributed by atoms with E-state index in [1.54, 1.807) is 0 Å². The highest BCUT2D eigenvalue weighted by atomic mass is 16.3. The summed E-state index contributed by atoms with van der Waals surface area (Å²) in [5, 5.41) is 13.8. The van der Waals surface area contributed by atoms with Crippen LogP contribution in [0.5, 0.6) is 0 Å². The van der Waals surface area contributed by atoms with Crippen LogP contribution in [0.1, 0.15) is 0 Å². The van der Waals surface area contributed by atoms with Crippen molar-refractivity contribution >= 4 is 110 Å². The number of fused-ring (bicyclic) bond motifs is 19. The van der Waals surface area contributed by atoms with E-state index in [1.807, 2.05) is 0 Å². The minimum Gasteiger partial charge on any atom is -0.455 e. The quantitative estimate of drug-likeness (QED) is 0.176. The summed E-state index contributed by atoms with van der Waals surface area (Å²) in [5.41, 5.74) is 13.1. The first-order valence-electron chi connectivity index (χ1n) is 23.7. The smallest absolute Gasteiger partial charge is 0.143 e. The van der Waals surface area contributed by atoms with Gasteiger partial charge in [-0.25, -0.2) is 0 Å². The molecule has 3 heteroatoms. The van der Waals surface area contributed by atoms with Crippen LogP contribution in [0.25, 0.3) is 98.1 Å². The maximum atomic E-state index is 6.95. The van der Waals surface area contributed by atoms with Crippen molar-refractivity contribution in [2.75, 3.05) is 9.80 Å². The molecule has 1 aromatic heterocycles. The van der Waals surface area contributed by atoms with Crippen molar-refractivity contribution in [1.29, 1.82) is 0 Å². The van der Waals surface area contributed by atoms with Crippen molar-refractivity contribution in [3.8, 4) is 22.3 Å². The topological polar surface area (TPSA) is 19.6 Å². The predicted molar refractivity (Wildman–Crippen MR) is 293 cm³/mol. The van der Waals surface area contributed by atoms with Gasteiger partial charge < -0.3 is 14.2 Å². The van der Waals surface area contributed by atoms with E-state index in [-0.39, 0.29) is 0 Å². The van der Waals surface area contributed by atoms with Gasteiger partial charge >= 0.3 is 0 Å². The van der Waals surface area contributed by atoms with Gasteiger partial charge in [0.1, 0.15) is 11.2 Å². The Bertz CT molecular complexity index is 4270. The lowest BCUT2D eigenvalue weighted by atomic mass is 9.93. The van der Waals surface area contributed by atoms with Crippen molar-refractivity contribution in [3.63, 3.8) is 0 Å². The summed E-state index contributed by atoms with van der Waals surface area (Å²) in [5.74, 6) is 0. The molecule has 1 aliphatic rings. The number of para-hydroxylation sites is 5. The van der Waals surface area contributed by atoms with Gasteiger partial charge in [0.15, 0.2) is 0 Å². The molecular weight excluding hydrogens is 837 g/mol. The maximum absolute atomic E-state index is 6.95. The Morgan fingerprint density at radius 1 is 0.275 bits per heavy atom. The molecule has 0 aliphatic carbocycles. The van der Waals surface area contributed by atoms with E-state index in [1.165, 1.54) is 49.2 Å². The largest absolute Gasteiger partial charge is 0.455 e. The zero-order valence-corrected chi connectivity index (χ0v) is 37.6. The van der Waals surface area contributed by atoms with Gasteiger partial charge in [0, 0.05) is 50.0 Å². The zero-order valence-electron chi connectivity index (χ0n) is 37.6. The average Bonchev–Trinajstić information content (AvgIpc) is 3.75. The maximum Gasteiger partial charge on any atom is 0.143 e. The van der Waals surface area contributed by atoms with Gasteiger partial charge in [0.25, 0.3) is 0 Å². The van der Waals surface area contributed by atoms with Crippen LogP contribution >= 0.6 is 0 Å². The normalized spacial score (nSPS) is 12.0. The number of nitrogens with zero attached hydrogens (tertiary/aromatic N) is 2. The van der Waals surface area contributed by atoms with E-state index in [9.17, 15) is 0 Å². The van der Waals surface area contributed by atoms with Crippen LogP contribution in [0, 0.1) is 0 Å². The standard InChI is InChI=1S/C66H42N2O/c1-3-19-43(20-4-1)67(46-35-37-52-54-28-13-16-32-62(54)68(44-21-5-2-6-22-44)63-33-17-14-29-55(63)61(52)42-46)45-36-38-53-58-39-40-59-56-30-15-18-34-64(56)69-66(59)65(58)57-31-12-11-26-50(57)48-24-8-7-23-47(48)49-25-9-10-27-51(49)60(53)41-45/h1-42H. The Kier molecular flexibility index (Phi) is 8.90. The molecule has 12 aromatic carbocycles. The predicted octanol–water partition coefficient (Wildman–Crippen LogP) is 19.1. The Hall–Kier alpha value is -9.18. The first kappa shape index (κ1) is 39.0. The molecule has 0 saturated carbocycles. The van der Waals surface area contributed by atoms with Crippen LogP contribution in [0.3, 0.4) is 0 Å². The van der Waals surface area contributed by atoms with E-state index in [0.717, 1.165) is 83.0 Å². The van der Waals surface area contributed by atoms with E-state index >= 15 is 0 Å². The molecule has 0 saturated heterocycles. The van der Waals surface area contributed by atoms with Crippen LogP contribution in [0.2, 0.25) is 0 Å². The van der Waals surface area contributed by atoms with Crippen molar-refractivity contribution in [2.24, 2.45) is 0 Å². The molecule has 0 bridgehead atoms. The first-order chi connectivity index (χ1) is 34.3. The number of rotatable bonds is 4. The van der Waals surface area contributed by atoms with E-state index in [2.05, 4.69) is 265 Å². The molecule has 0 fully saturated rings. The molecule has 0 spiro atoms. The lowest BCUT2D eigenvalue weighted by Crippen LogP contribution is -2.10. The summed E-state index contributed by atoms with van der Waals surface area (Å²) in [4.78, 5) is 4.83. The molecule has 0 unspecified atom stereocenters. The summed E-state index contributed by atoms with van der Waals surface area (Å²) in [6.45, 7) is 0. The second kappa shape index (κ2) is 15.7.